The van der Waals surface area contributed by atoms with Crippen LogP contribution in [0.4, 0.5) is 4.79 Å². The van der Waals surface area contributed by atoms with E-state index in [1.807, 2.05) is 44.2 Å². The molecule has 3 amide bonds. The van der Waals surface area contributed by atoms with Gasteiger partial charge in [0.05, 0.1) is 0 Å². The summed E-state index contributed by atoms with van der Waals surface area (Å²) in [5.41, 5.74) is 0.841. The van der Waals surface area contributed by atoms with Crippen molar-refractivity contribution in [3.8, 4) is 11.4 Å². The molecule has 126 valence electrons. The second kappa shape index (κ2) is 6.69. The van der Waals surface area contributed by atoms with Gasteiger partial charge in [-0.2, -0.15) is 4.98 Å². The van der Waals surface area contributed by atoms with Crippen molar-refractivity contribution in [1.82, 2.24) is 26.1 Å². The molecule has 0 unspecified atom stereocenters. The summed E-state index contributed by atoms with van der Waals surface area (Å²) in [7, 11) is 0. The van der Waals surface area contributed by atoms with Crippen LogP contribution in [0.1, 0.15) is 25.8 Å². The number of hydrogen-bond donors (Lipinski definition) is 3. The fourth-order valence-corrected chi connectivity index (χ4v) is 2.45. The number of nitrogens with zero attached hydrogens (tertiary/aromatic N) is 2. The maximum absolute atomic E-state index is 12.3. The van der Waals surface area contributed by atoms with E-state index in [1.165, 1.54) is 0 Å². The van der Waals surface area contributed by atoms with E-state index in [9.17, 15) is 9.59 Å². The molecule has 1 aliphatic rings. The third-order valence-electron chi connectivity index (χ3n) is 3.79. The van der Waals surface area contributed by atoms with Crippen molar-refractivity contribution in [2.24, 2.45) is 5.92 Å². The largest absolute Gasteiger partial charge is 0.342 e. The average molecular weight is 329 g/mol. The molecule has 1 aliphatic heterocycles. The van der Waals surface area contributed by atoms with Gasteiger partial charge in [0.15, 0.2) is 0 Å². The van der Waals surface area contributed by atoms with Crippen molar-refractivity contribution in [3.63, 3.8) is 0 Å². The number of rotatable bonds is 5. The number of amides is 3. The molecule has 1 fully saturated rings. The van der Waals surface area contributed by atoms with E-state index in [2.05, 4.69) is 26.1 Å². The Kier molecular flexibility index (Phi) is 4.45. The van der Waals surface area contributed by atoms with E-state index >= 15 is 0 Å². The van der Waals surface area contributed by atoms with Gasteiger partial charge in [-0.15, -0.1) is 0 Å². The first-order valence-corrected chi connectivity index (χ1v) is 7.78. The van der Waals surface area contributed by atoms with Gasteiger partial charge in [-0.1, -0.05) is 49.3 Å². The van der Waals surface area contributed by atoms with Crippen molar-refractivity contribution in [2.75, 3.05) is 6.54 Å². The molecule has 2 aromatic rings. The molecule has 0 aliphatic carbocycles. The Morgan fingerprint density at radius 3 is 2.71 bits per heavy atom. The highest BCUT2D eigenvalue weighted by Crippen LogP contribution is 2.23. The van der Waals surface area contributed by atoms with E-state index in [4.69, 9.17) is 4.52 Å². The van der Waals surface area contributed by atoms with E-state index < -0.39 is 12.1 Å². The quantitative estimate of drug-likeness (QED) is 0.764. The summed E-state index contributed by atoms with van der Waals surface area (Å²) in [6.07, 6.45) is 0. The first kappa shape index (κ1) is 16.0. The van der Waals surface area contributed by atoms with Gasteiger partial charge in [-0.05, 0) is 5.92 Å². The molecule has 1 aromatic heterocycles. The molecule has 1 aromatic carbocycles. The van der Waals surface area contributed by atoms with Gasteiger partial charge >= 0.3 is 6.03 Å². The summed E-state index contributed by atoms with van der Waals surface area (Å²) in [6, 6.07) is 8.09. The number of aromatic nitrogens is 2. The van der Waals surface area contributed by atoms with Gasteiger partial charge in [0.1, 0.15) is 12.1 Å². The fourth-order valence-electron chi connectivity index (χ4n) is 2.45. The highest BCUT2D eigenvalue weighted by atomic mass is 16.5. The second-order valence-electron chi connectivity index (χ2n) is 5.96. The maximum Gasteiger partial charge on any atom is 0.315 e. The summed E-state index contributed by atoms with van der Waals surface area (Å²) in [5.74, 6) is 0.574. The monoisotopic (exact) mass is 329 g/mol. The van der Waals surface area contributed by atoms with Crippen LogP contribution < -0.4 is 16.0 Å². The number of benzene rings is 1. The Labute approximate surface area is 139 Å². The molecule has 2 atom stereocenters. The van der Waals surface area contributed by atoms with Gasteiger partial charge in [0.2, 0.25) is 17.6 Å². The normalized spacial score (nSPS) is 18.1. The molecule has 0 radical (unpaired) electrons. The molecule has 24 heavy (non-hydrogen) atoms. The third kappa shape index (κ3) is 3.37. The number of carbonyl (C=O) groups is 2. The molecule has 8 nitrogen and oxygen atoms in total. The fraction of sp³-hybridized carbons (Fsp3) is 0.375. The van der Waals surface area contributed by atoms with Crippen LogP contribution >= 0.6 is 0 Å². The SMILES string of the molecule is CC(C)[C@@H](NC(=O)[C@@H]1CNC(=O)N1)c1nc(-c2ccccc2)no1. The van der Waals surface area contributed by atoms with Crippen LogP contribution in [0.5, 0.6) is 0 Å². The zero-order valence-corrected chi connectivity index (χ0v) is 13.4. The Bertz CT molecular complexity index is 728. The maximum atomic E-state index is 12.3. The molecule has 1 saturated heterocycles. The van der Waals surface area contributed by atoms with Crippen molar-refractivity contribution >= 4 is 11.9 Å². The van der Waals surface area contributed by atoms with E-state index in [-0.39, 0.29) is 24.4 Å². The van der Waals surface area contributed by atoms with Gasteiger partial charge in [0.25, 0.3) is 0 Å². The van der Waals surface area contributed by atoms with Crippen LogP contribution in [0.3, 0.4) is 0 Å². The summed E-state index contributed by atoms with van der Waals surface area (Å²) in [5, 5.41) is 12.0. The summed E-state index contributed by atoms with van der Waals surface area (Å²) in [4.78, 5) is 27.9. The van der Waals surface area contributed by atoms with Crippen molar-refractivity contribution < 1.29 is 14.1 Å². The summed E-state index contributed by atoms with van der Waals surface area (Å²) >= 11 is 0. The first-order valence-electron chi connectivity index (χ1n) is 7.78. The minimum absolute atomic E-state index is 0.0445. The lowest BCUT2D eigenvalue weighted by Crippen LogP contribution is -2.45. The number of nitrogens with one attached hydrogen (secondary N) is 3. The smallest absolute Gasteiger partial charge is 0.315 e. The first-order chi connectivity index (χ1) is 11.5. The third-order valence-corrected chi connectivity index (χ3v) is 3.79. The van der Waals surface area contributed by atoms with Crippen molar-refractivity contribution in [1.29, 1.82) is 0 Å². The molecular weight excluding hydrogens is 310 g/mol. The molecule has 3 N–H and O–H groups in total. The lowest BCUT2D eigenvalue weighted by atomic mass is 10.0. The minimum atomic E-state index is -0.602. The van der Waals surface area contributed by atoms with E-state index in [0.29, 0.717) is 11.7 Å². The van der Waals surface area contributed by atoms with Crippen LogP contribution in [0.25, 0.3) is 11.4 Å². The zero-order valence-electron chi connectivity index (χ0n) is 13.4. The molecule has 0 spiro atoms. The van der Waals surface area contributed by atoms with Crippen molar-refractivity contribution in [3.05, 3.63) is 36.2 Å². The predicted molar refractivity (Wildman–Crippen MR) is 85.8 cm³/mol. The van der Waals surface area contributed by atoms with Gasteiger partial charge < -0.3 is 20.5 Å². The minimum Gasteiger partial charge on any atom is -0.342 e. The second-order valence-corrected chi connectivity index (χ2v) is 5.96. The Morgan fingerprint density at radius 2 is 2.08 bits per heavy atom. The Balaban J connectivity index is 1.75. The summed E-state index contributed by atoms with van der Waals surface area (Å²) < 4.78 is 5.35. The topological polar surface area (TPSA) is 109 Å². The van der Waals surface area contributed by atoms with Crippen LogP contribution in [0.15, 0.2) is 34.9 Å². The lowest BCUT2D eigenvalue weighted by molar-refractivity contribution is -0.123. The van der Waals surface area contributed by atoms with Crippen LogP contribution in [-0.2, 0) is 4.79 Å². The van der Waals surface area contributed by atoms with Crippen LogP contribution in [0.2, 0.25) is 0 Å². The standard InChI is InChI=1S/C16H19N5O3/c1-9(2)12(19-14(22)11-8-17-16(23)18-11)15-20-13(21-24-15)10-6-4-3-5-7-10/h3-7,9,11-12H,8H2,1-2H3,(H,19,22)(H2,17,18,23)/t11-,12+/m0/s1. The Morgan fingerprint density at radius 1 is 1.33 bits per heavy atom. The number of hydrogen-bond acceptors (Lipinski definition) is 5. The van der Waals surface area contributed by atoms with Crippen molar-refractivity contribution in [2.45, 2.75) is 25.9 Å². The average Bonchev–Trinajstić information content (AvgIpc) is 3.22. The zero-order chi connectivity index (χ0) is 17.1. The predicted octanol–water partition coefficient (Wildman–Crippen LogP) is 1.23. The summed E-state index contributed by atoms with van der Waals surface area (Å²) in [6.45, 7) is 4.15. The number of urea groups is 1. The van der Waals surface area contributed by atoms with Gasteiger partial charge in [-0.3, -0.25) is 4.79 Å². The molecule has 0 saturated carbocycles. The van der Waals surface area contributed by atoms with Crippen LogP contribution in [0, 0.1) is 5.92 Å². The van der Waals surface area contributed by atoms with Gasteiger partial charge in [0, 0.05) is 12.1 Å². The molecular formula is C16H19N5O3. The van der Waals surface area contributed by atoms with E-state index in [0.717, 1.165) is 5.56 Å². The molecule has 3 rings (SSSR count). The molecule has 2 heterocycles. The van der Waals surface area contributed by atoms with E-state index in [1.54, 1.807) is 0 Å². The van der Waals surface area contributed by atoms with Crippen LogP contribution in [-0.4, -0.2) is 34.7 Å². The van der Waals surface area contributed by atoms with Gasteiger partial charge in [-0.25, -0.2) is 4.79 Å². The Hall–Kier alpha value is -2.90. The highest BCUT2D eigenvalue weighted by Gasteiger charge is 2.31. The molecule has 8 heteroatoms. The lowest BCUT2D eigenvalue weighted by Gasteiger charge is -2.20. The highest BCUT2D eigenvalue weighted by molar-refractivity contribution is 5.90. The molecule has 0 bridgehead atoms. The number of carbonyl (C=O) groups excluding carboxylic acids is 2.